The zero-order valence-electron chi connectivity index (χ0n) is 11.9. The van der Waals surface area contributed by atoms with Crippen molar-refractivity contribution < 1.29 is 0 Å². The Kier molecular flexibility index (Phi) is 4.87. The molecule has 1 aliphatic carbocycles. The third-order valence-electron chi connectivity index (χ3n) is 4.25. The Hall–Kier alpha value is -0.0800. The number of hydrogen-bond acceptors (Lipinski definition) is 2. The molecular weight excluding hydrogens is 208 g/mol. The maximum atomic E-state index is 3.77. The van der Waals surface area contributed by atoms with Gasteiger partial charge < -0.3 is 10.2 Å². The van der Waals surface area contributed by atoms with E-state index < -0.39 is 0 Å². The number of nitrogens with zero attached hydrogens (tertiary/aromatic N) is 1. The first-order chi connectivity index (χ1) is 8.19. The van der Waals surface area contributed by atoms with Crippen molar-refractivity contribution >= 4 is 0 Å². The Morgan fingerprint density at radius 3 is 2.35 bits per heavy atom. The van der Waals surface area contributed by atoms with E-state index in [4.69, 9.17) is 0 Å². The molecule has 1 saturated carbocycles. The Balaban J connectivity index is 1.79. The van der Waals surface area contributed by atoms with E-state index in [2.05, 4.69) is 31.0 Å². The molecule has 1 heterocycles. The summed E-state index contributed by atoms with van der Waals surface area (Å²) in [5.41, 5.74) is 0. The quantitative estimate of drug-likeness (QED) is 0.765. The molecule has 2 aliphatic rings. The lowest BCUT2D eigenvalue weighted by atomic mass is 9.91. The van der Waals surface area contributed by atoms with Gasteiger partial charge in [0.2, 0.25) is 0 Å². The highest BCUT2D eigenvalue weighted by Crippen LogP contribution is 2.33. The Labute approximate surface area is 107 Å². The minimum absolute atomic E-state index is 0.771. The average Bonchev–Trinajstić information content (AvgIpc) is 3.06. The van der Waals surface area contributed by atoms with Crippen LogP contribution in [0.2, 0.25) is 0 Å². The molecule has 2 rings (SSSR count). The topological polar surface area (TPSA) is 15.3 Å². The van der Waals surface area contributed by atoms with Crippen LogP contribution >= 0.6 is 0 Å². The van der Waals surface area contributed by atoms with E-state index in [1.807, 2.05) is 0 Å². The van der Waals surface area contributed by atoms with E-state index in [-0.39, 0.29) is 0 Å². The van der Waals surface area contributed by atoms with E-state index in [0.29, 0.717) is 0 Å². The lowest BCUT2D eigenvalue weighted by Crippen LogP contribution is -2.47. The molecule has 17 heavy (non-hydrogen) atoms. The summed E-state index contributed by atoms with van der Waals surface area (Å²) in [4.78, 5) is 2.71. The lowest BCUT2D eigenvalue weighted by molar-refractivity contribution is 0.124. The van der Waals surface area contributed by atoms with Gasteiger partial charge in [0, 0.05) is 25.7 Å². The highest BCUT2D eigenvalue weighted by Gasteiger charge is 2.33. The van der Waals surface area contributed by atoms with Crippen LogP contribution in [0.4, 0.5) is 0 Å². The molecule has 0 spiro atoms. The zero-order chi connectivity index (χ0) is 12.3. The molecule has 3 atom stereocenters. The highest BCUT2D eigenvalue weighted by molar-refractivity contribution is 4.89. The third-order valence-corrected chi connectivity index (χ3v) is 4.25. The van der Waals surface area contributed by atoms with Gasteiger partial charge in [-0.05, 0) is 50.0 Å². The number of likely N-dealkylation sites (tertiary alicyclic amines) is 1. The van der Waals surface area contributed by atoms with Crippen molar-refractivity contribution in [2.45, 2.75) is 52.5 Å². The van der Waals surface area contributed by atoms with Crippen molar-refractivity contribution in [1.29, 1.82) is 0 Å². The van der Waals surface area contributed by atoms with Gasteiger partial charge in [0.1, 0.15) is 0 Å². The second-order valence-electron chi connectivity index (χ2n) is 6.56. The minimum Gasteiger partial charge on any atom is -0.312 e. The van der Waals surface area contributed by atoms with E-state index in [9.17, 15) is 0 Å². The van der Waals surface area contributed by atoms with E-state index in [1.165, 1.54) is 51.9 Å². The molecule has 0 bridgehead atoms. The van der Waals surface area contributed by atoms with Gasteiger partial charge >= 0.3 is 0 Å². The van der Waals surface area contributed by atoms with Crippen molar-refractivity contribution in [3.8, 4) is 0 Å². The molecule has 0 radical (unpaired) electrons. The second kappa shape index (κ2) is 6.19. The van der Waals surface area contributed by atoms with E-state index in [1.54, 1.807) is 0 Å². The molecule has 1 N–H and O–H groups in total. The van der Waals surface area contributed by atoms with Gasteiger partial charge in [0.15, 0.2) is 0 Å². The molecule has 1 aliphatic heterocycles. The predicted octanol–water partition coefficient (Wildman–Crippen LogP) is 2.74. The lowest BCUT2D eigenvalue weighted by Gasteiger charge is -2.37. The summed E-state index contributed by atoms with van der Waals surface area (Å²) in [7, 11) is 0. The molecule has 0 amide bonds. The Morgan fingerprint density at radius 2 is 1.82 bits per heavy atom. The Bertz CT molecular complexity index is 215. The van der Waals surface area contributed by atoms with Crippen molar-refractivity contribution in [1.82, 2.24) is 10.2 Å². The fourth-order valence-corrected chi connectivity index (χ4v) is 3.43. The van der Waals surface area contributed by atoms with E-state index >= 15 is 0 Å². The summed E-state index contributed by atoms with van der Waals surface area (Å²) in [6.07, 6.45) is 5.60. The zero-order valence-corrected chi connectivity index (χ0v) is 11.9. The average molecular weight is 238 g/mol. The van der Waals surface area contributed by atoms with Gasteiger partial charge in [-0.1, -0.05) is 20.8 Å². The summed E-state index contributed by atoms with van der Waals surface area (Å²) in [6.45, 7) is 12.2. The van der Waals surface area contributed by atoms with Gasteiger partial charge in [-0.15, -0.1) is 0 Å². The number of nitrogens with one attached hydrogen (secondary N) is 1. The van der Waals surface area contributed by atoms with Gasteiger partial charge in [-0.25, -0.2) is 0 Å². The first kappa shape index (κ1) is 13.4. The summed E-state index contributed by atoms with van der Waals surface area (Å²) >= 11 is 0. The molecule has 2 heteroatoms. The molecule has 2 fully saturated rings. The SMILES string of the molecule is CCCNC(CN1CC(C)CC(C)C1)C1CC1. The molecule has 0 aromatic rings. The van der Waals surface area contributed by atoms with Gasteiger partial charge in [0.25, 0.3) is 0 Å². The molecule has 0 aromatic heterocycles. The maximum Gasteiger partial charge on any atom is 0.0223 e. The van der Waals surface area contributed by atoms with Crippen molar-refractivity contribution in [3.63, 3.8) is 0 Å². The Morgan fingerprint density at radius 1 is 1.18 bits per heavy atom. The van der Waals surface area contributed by atoms with Crippen molar-refractivity contribution in [2.24, 2.45) is 17.8 Å². The second-order valence-corrected chi connectivity index (χ2v) is 6.56. The first-order valence-corrected chi connectivity index (χ1v) is 7.64. The van der Waals surface area contributed by atoms with Crippen molar-refractivity contribution in [3.05, 3.63) is 0 Å². The third kappa shape index (κ3) is 4.26. The van der Waals surface area contributed by atoms with Gasteiger partial charge in [-0.2, -0.15) is 0 Å². The van der Waals surface area contributed by atoms with Crippen LogP contribution in [-0.4, -0.2) is 37.1 Å². The molecule has 2 nitrogen and oxygen atoms in total. The smallest absolute Gasteiger partial charge is 0.0223 e. The fourth-order valence-electron chi connectivity index (χ4n) is 3.43. The van der Waals surface area contributed by atoms with Crippen LogP contribution in [0.25, 0.3) is 0 Å². The van der Waals surface area contributed by atoms with Crippen LogP contribution in [-0.2, 0) is 0 Å². The molecule has 1 saturated heterocycles. The van der Waals surface area contributed by atoms with Gasteiger partial charge in [0.05, 0.1) is 0 Å². The van der Waals surface area contributed by atoms with Crippen LogP contribution in [0, 0.1) is 17.8 Å². The van der Waals surface area contributed by atoms with Gasteiger partial charge in [-0.3, -0.25) is 0 Å². The minimum atomic E-state index is 0.771. The number of piperidine rings is 1. The predicted molar refractivity (Wildman–Crippen MR) is 74.2 cm³/mol. The van der Waals surface area contributed by atoms with Crippen LogP contribution in [0.3, 0.4) is 0 Å². The van der Waals surface area contributed by atoms with Crippen LogP contribution in [0.1, 0.15) is 46.5 Å². The largest absolute Gasteiger partial charge is 0.312 e. The number of hydrogen-bond donors (Lipinski definition) is 1. The van der Waals surface area contributed by atoms with Crippen LogP contribution in [0.15, 0.2) is 0 Å². The molecule has 3 unspecified atom stereocenters. The highest BCUT2D eigenvalue weighted by atomic mass is 15.2. The maximum absolute atomic E-state index is 3.77. The summed E-state index contributed by atoms with van der Waals surface area (Å²) < 4.78 is 0. The normalized spacial score (nSPS) is 32.6. The fraction of sp³-hybridized carbons (Fsp3) is 1.00. The number of rotatable bonds is 6. The first-order valence-electron chi connectivity index (χ1n) is 7.64. The molecular formula is C15H30N2. The monoisotopic (exact) mass is 238 g/mol. The van der Waals surface area contributed by atoms with Crippen molar-refractivity contribution in [2.75, 3.05) is 26.2 Å². The molecule has 100 valence electrons. The summed E-state index contributed by atoms with van der Waals surface area (Å²) in [5, 5.41) is 3.77. The standard InChI is InChI=1S/C15H30N2/c1-4-7-16-15(14-5-6-14)11-17-9-12(2)8-13(3)10-17/h12-16H,4-11H2,1-3H3. The summed E-state index contributed by atoms with van der Waals surface area (Å²) in [6, 6.07) is 0.771. The van der Waals surface area contributed by atoms with E-state index in [0.717, 1.165) is 23.8 Å². The summed E-state index contributed by atoms with van der Waals surface area (Å²) in [5.74, 6) is 2.77. The van der Waals surface area contributed by atoms with Crippen LogP contribution in [0.5, 0.6) is 0 Å². The molecule has 0 aromatic carbocycles. The van der Waals surface area contributed by atoms with Crippen LogP contribution < -0.4 is 5.32 Å².